The van der Waals surface area contributed by atoms with Gasteiger partial charge in [0.05, 0.1) is 18.0 Å². The van der Waals surface area contributed by atoms with Crippen LogP contribution in [0.4, 0.5) is 0 Å². The topological polar surface area (TPSA) is 21.2 Å². The standard InChI is InChI=1S/C22H20N3/c1-13-9-10-17-16(11-13)21-20(14(2)12-15(3)23-21)22-24(4)18-7-5-6-8-19(18)25(17)22/h5-12H,1-4H3/q+1. The molecule has 0 atom stereocenters. The van der Waals surface area contributed by atoms with Gasteiger partial charge >= 0.3 is 0 Å². The number of para-hydroxylation sites is 2. The lowest BCUT2D eigenvalue weighted by Gasteiger charge is -2.08. The predicted molar refractivity (Wildman–Crippen MR) is 103 cm³/mol. The van der Waals surface area contributed by atoms with Crippen molar-refractivity contribution in [3.05, 3.63) is 65.4 Å². The Morgan fingerprint density at radius 3 is 2.56 bits per heavy atom. The lowest BCUT2D eigenvalue weighted by atomic mass is 10.0. The molecule has 122 valence electrons. The van der Waals surface area contributed by atoms with E-state index in [4.69, 9.17) is 4.98 Å². The van der Waals surface area contributed by atoms with Crippen molar-refractivity contribution in [2.75, 3.05) is 0 Å². The molecule has 0 aliphatic heterocycles. The molecule has 3 heterocycles. The fraction of sp³-hybridized carbons (Fsp3) is 0.182. The first-order chi connectivity index (χ1) is 12.1. The van der Waals surface area contributed by atoms with E-state index in [1.54, 1.807) is 0 Å². The predicted octanol–water partition coefficient (Wildman–Crippen LogP) is 4.54. The quantitative estimate of drug-likeness (QED) is 0.302. The summed E-state index contributed by atoms with van der Waals surface area (Å²) in [7, 11) is 2.15. The van der Waals surface area contributed by atoms with Gasteiger partial charge in [0.1, 0.15) is 5.52 Å². The summed E-state index contributed by atoms with van der Waals surface area (Å²) in [5.41, 5.74) is 9.58. The van der Waals surface area contributed by atoms with Gasteiger partial charge in [0, 0.05) is 11.1 Å². The molecule has 3 aromatic heterocycles. The maximum Gasteiger partial charge on any atom is 0.297 e. The zero-order valence-electron chi connectivity index (χ0n) is 15.0. The second-order valence-electron chi connectivity index (χ2n) is 7.03. The van der Waals surface area contributed by atoms with Crippen LogP contribution in [-0.4, -0.2) is 9.38 Å². The Labute approximate surface area is 146 Å². The minimum atomic E-state index is 1.07. The van der Waals surface area contributed by atoms with E-state index in [1.807, 2.05) is 0 Å². The lowest BCUT2D eigenvalue weighted by molar-refractivity contribution is -0.617. The van der Waals surface area contributed by atoms with Crippen molar-refractivity contribution in [1.29, 1.82) is 0 Å². The Morgan fingerprint density at radius 1 is 0.920 bits per heavy atom. The number of aromatic nitrogens is 3. The normalized spacial score (nSPS) is 12.0. The molecule has 5 aromatic rings. The highest BCUT2D eigenvalue weighted by atomic mass is 15.1. The summed E-state index contributed by atoms with van der Waals surface area (Å²) in [6.45, 7) is 6.41. The highest BCUT2D eigenvalue weighted by Crippen LogP contribution is 2.32. The summed E-state index contributed by atoms with van der Waals surface area (Å²) >= 11 is 0. The average Bonchev–Trinajstić information content (AvgIpc) is 2.88. The molecule has 0 bridgehead atoms. The smallest absolute Gasteiger partial charge is 0.252 e. The van der Waals surface area contributed by atoms with Crippen molar-refractivity contribution >= 4 is 38.5 Å². The number of fused-ring (bicyclic) bond motifs is 8. The van der Waals surface area contributed by atoms with Crippen LogP contribution in [0.25, 0.3) is 38.5 Å². The van der Waals surface area contributed by atoms with Crippen molar-refractivity contribution in [3.63, 3.8) is 0 Å². The molecule has 5 rings (SSSR count). The molecule has 0 saturated heterocycles. The number of benzene rings is 2. The molecular weight excluding hydrogens is 306 g/mol. The number of nitrogens with zero attached hydrogens (tertiary/aromatic N) is 3. The van der Waals surface area contributed by atoms with Crippen LogP contribution < -0.4 is 4.57 Å². The molecule has 0 amide bonds. The fourth-order valence-electron chi connectivity index (χ4n) is 4.19. The molecule has 0 aliphatic rings. The van der Waals surface area contributed by atoms with Gasteiger partial charge in [-0.1, -0.05) is 23.8 Å². The van der Waals surface area contributed by atoms with Gasteiger partial charge in [-0.2, -0.15) is 4.40 Å². The molecule has 0 saturated carbocycles. The van der Waals surface area contributed by atoms with Crippen LogP contribution in [0.5, 0.6) is 0 Å². The first-order valence-electron chi connectivity index (χ1n) is 8.66. The summed E-state index contributed by atoms with van der Waals surface area (Å²) in [5, 5.41) is 2.46. The van der Waals surface area contributed by atoms with Gasteiger partial charge in [0.15, 0.2) is 11.0 Å². The van der Waals surface area contributed by atoms with Gasteiger partial charge in [-0.25, -0.2) is 4.57 Å². The monoisotopic (exact) mass is 326 g/mol. The Bertz CT molecular complexity index is 1330. The highest BCUT2D eigenvalue weighted by molar-refractivity contribution is 6.12. The van der Waals surface area contributed by atoms with Crippen molar-refractivity contribution in [2.24, 2.45) is 7.05 Å². The summed E-state index contributed by atoms with van der Waals surface area (Å²) in [4.78, 5) is 4.94. The molecule has 3 heteroatoms. The summed E-state index contributed by atoms with van der Waals surface area (Å²) in [5.74, 6) is 0. The van der Waals surface area contributed by atoms with Crippen LogP contribution in [0, 0.1) is 20.8 Å². The van der Waals surface area contributed by atoms with Gasteiger partial charge in [-0.15, -0.1) is 0 Å². The van der Waals surface area contributed by atoms with Crippen molar-refractivity contribution in [2.45, 2.75) is 20.8 Å². The van der Waals surface area contributed by atoms with E-state index in [2.05, 4.69) is 85.3 Å². The van der Waals surface area contributed by atoms with Gasteiger partial charge in [-0.05, 0) is 56.7 Å². The first kappa shape index (κ1) is 14.4. The number of hydrogen-bond donors (Lipinski definition) is 0. The number of aryl methyl sites for hydroxylation is 4. The van der Waals surface area contributed by atoms with Gasteiger partial charge < -0.3 is 0 Å². The van der Waals surface area contributed by atoms with E-state index >= 15 is 0 Å². The summed E-state index contributed by atoms with van der Waals surface area (Å²) in [6, 6.07) is 17.5. The molecular formula is C22H20N3+. The van der Waals surface area contributed by atoms with Crippen LogP contribution in [-0.2, 0) is 7.05 Å². The van der Waals surface area contributed by atoms with E-state index in [0.29, 0.717) is 0 Å². The molecule has 0 radical (unpaired) electrons. The van der Waals surface area contributed by atoms with Gasteiger partial charge in [-0.3, -0.25) is 4.98 Å². The average molecular weight is 326 g/mol. The molecule has 0 unspecified atom stereocenters. The molecule has 0 aliphatic carbocycles. The van der Waals surface area contributed by atoms with Crippen LogP contribution >= 0.6 is 0 Å². The van der Waals surface area contributed by atoms with Gasteiger partial charge in [0.2, 0.25) is 0 Å². The second-order valence-corrected chi connectivity index (χ2v) is 7.03. The Hall–Kier alpha value is -2.94. The third-order valence-corrected chi connectivity index (χ3v) is 5.23. The lowest BCUT2D eigenvalue weighted by Crippen LogP contribution is -2.27. The maximum absolute atomic E-state index is 4.94. The fourth-order valence-corrected chi connectivity index (χ4v) is 4.19. The summed E-state index contributed by atoms with van der Waals surface area (Å²) in [6.07, 6.45) is 0. The van der Waals surface area contributed by atoms with Crippen molar-refractivity contribution in [1.82, 2.24) is 9.38 Å². The number of imidazole rings is 1. The van der Waals surface area contributed by atoms with Crippen LogP contribution in [0.15, 0.2) is 48.5 Å². The first-order valence-corrected chi connectivity index (χ1v) is 8.66. The second kappa shape index (κ2) is 4.79. The molecule has 3 nitrogen and oxygen atoms in total. The van der Waals surface area contributed by atoms with E-state index in [0.717, 1.165) is 11.2 Å². The zero-order valence-corrected chi connectivity index (χ0v) is 15.0. The molecule has 0 spiro atoms. The number of hydrogen-bond acceptors (Lipinski definition) is 1. The summed E-state index contributed by atoms with van der Waals surface area (Å²) < 4.78 is 4.68. The molecule has 25 heavy (non-hydrogen) atoms. The Kier molecular flexibility index (Phi) is 2.76. The van der Waals surface area contributed by atoms with Gasteiger partial charge in [0.25, 0.3) is 5.65 Å². The Balaban J connectivity index is 2.27. The SMILES string of the molecule is Cc1ccc2c(c1)c1nc(C)cc(C)c1c1n2c2ccccc2[n+]1C. The van der Waals surface area contributed by atoms with Crippen LogP contribution in [0.3, 0.4) is 0 Å². The minimum Gasteiger partial charge on any atom is -0.252 e. The molecule has 2 aromatic carbocycles. The third kappa shape index (κ3) is 1.81. The van der Waals surface area contributed by atoms with Crippen molar-refractivity contribution < 1.29 is 4.57 Å². The van der Waals surface area contributed by atoms with Crippen molar-refractivity contribution in [3.8, 4) is 0 Å². The Morgan fingerprint density at radius 2 is 1.72 bits per heavy atom. The highest BCUT2D eigenvalue weighted by Gasteiger charge is 2.24. The maximum atomic E-state index is 4.94. The number of pyridine rings is 2. The van der Waals surface area contributed by atoms with Crippen LogP contribution in [0.1, 0.15) is 16.8 Å². The van der Waals surface area contributed by atoms with E-state index in [-0.39, 0.29) is 0 Å². The zero-order chi connectivity index (χ0) is 17.3. The van der Waals surface area contributed by atoms with E-state index < -0.39 is 0 Å². The molecule has 0 N–H and O–H groups in total. The molecule has 0 fully saturated rings. The van der Waals surface area contributed by atoms with Crippen LogP contribution in [0.2, 0.25) is 0 Å². The van der Waals surface area contributed by atoms with E-state index in [1.165, 1.54) is 44.1 Å². The number of rotatable bonds is 0. The third-order valence-electron chi connectivity index (χ3n) is 5.23. The minimum absolute atomic E-state index is 1.07. The largest absolute Gasteiger partial charge is 0.297 e. The van der Waals surface area contributed by atoms with E-state index in [9.17, 15) is 0 Å².